The van der Waals surface area contributed by atoms with Crippen LogP contribution in [0.1, 0.15) is 0 Å². The predicted molar refractivity (Wildman–Crippen MR) is 37.9 cm³/mol. The summed E-state index contributed by atoms with van der Waals surface area (Å²) in [7, 11) is -3.77. The topological polar surface area (TPSA) is 80.4 Å². The van der Waals surface area contributed by atoms with Crippen molar-refractivity contribution in [3.63, 3.8) is 0 Å². The second-order valence-electron chi connectivity index (χ2n) is 1.36. The highest BCUT2D eigenvalue weighted by Crippen LogP contribution is 1.95. The zero-order chi connectivity index (χ0) is 7.33. The van der Waals surface area contributed by atoms with Gasteiger partial charge in [0, 0.05) is 11.6 Å². The Kier molecular flexibility index (Phi) is 4.20. The summed E-state index contributed by atoms with van der Waals surface area (Å²) < 4.78 is 28.2. The number of hydrogen-bond acceptors (Lipinski definition) is 4. The van der Waals surface area contributed by atoms with Crippen LogP contribution in [0.5, 0.6) is 0 Å². The Morgan fingerprint density at radius 1 is 1.56 bits per heavy atom. The van der Waals surface area contributed by atoms with Crippen molar-refractivity contribution in [2.45, 2.75) is 0 Å². The average molecular weight is 171 g/mol. The molecule has 0 amide bonds. The van der Waals surface area contributed by atoms with Crippen LogP contribution < -0.4 is 5.73 Å². The average Bonchev–Trinajstić information content (AvgIpc) is 1.63. The van der Waals surface area contributed by atoms with E-state index in [9.17, 15) is 8.42 Å². The summed E-state index contributed by atoms with van der Waals surface area (Å²) in [6, 6.07) is 0. The predicted octanol–water partition coefficient (Wildman–Crippen LogP) is -0.476. The molecule has 0 aromatic carbocycles. The molecule has 0 atom stereocenters. The molecule has 0 unspecified atom stereocenters. The van der Waals surface area contributed by atoms with Crippen molar-refractivity contribution in [3.05, 3.63) is 0 Å². The van der Waals surface area contributed by atoms with Gasteiger partial charge in [-0.05, 0) is 0 Å². The molecule has 0 saturated heterocycles. The van der Waals surface area contributed by atoms with Crippen LogP contribution in [0.25, 0.3) is 0 Å². The minimum Gasteiger partial charge on any atom is -0.322 e. The van der Waals surface area contributed by atoms with E-state index < -0.39 is 10.1 Å². The van der Waals surface area contributed by atoms with Gasteiger partial charge in [-0.15, -0.1) is 11.8 Å². The summed E-state index contributed by atoms with van der Waals surface area (Å²) in [5.41, 5.74) is 5.04. The lowest BCUT2D eigenvalue weighted by molar-refractivity contribution is 0.485. The van der Waals surface area contributed by atoms with Gasteiger partial charge in [0.1, 0.15) is 0 Å². The number of rotatable bonds is 4. The standard InChI is InChI=1S/C3H9NO3S2/c4-3-8-1-2-9(5,6)7/h1-4H2,(H,5,6,7). The van der Waals surface area contributed by atoms with Crippen LogP contribution in [-0.4, -0.2) is 30.4 Å². The molecule has 3 N–H and O–H groups in total. The van der Waals surface area contributed by atoms with E-state index in [0.717, 1.165) is 0 Å². The van der Waals surface area contributed by atoms with Crippen LogP contribution >= 0.6 is 11.8 Å². The molecule has 4 nitrogen and oxygen atoms in total. The van der Waals surface area contributed by atoms with Crippen molar-refractivity contribution in [2.24, 2.45) is 5.73 Å². The second kappa shape index (κ2) is 4.10. The van der Waals surface area contributed by atoms with Crippen LogP contribution in [0.15, 0.2) is 0 Å². The number of thioether (sulfide) groups is 1. The maximum atomic E-state index is 10.0. The highest BCUT2D eigenvalue weighted by molar-refractivity contribution is 8.00. The van der Waals surface area contributed by atoms with E-state index in [1.165, 1.54) is 11.8 Å². The SMILES string of the molecule is NCSCCS(=O)(=O)O. The fourth-order valence-electron chi connectivity index (χ4n) is 0.248. The second-order valence-corrected chi connectivity index (χ2v) is 4.08. The van der Waals surface area contributed by atoms with Crippen molar-refractivity contribution in [1.29, 1.82) is 0 Å². The maximum absolute atomic E-state index is 10.0. The minimum atomic E-state index is -3.77. The molecule has 0 heterocycles. The summed E-state index contributed by atoms with van der Waals surface area (Å²) in [6.07, 6.45) is 0. The molecule has 56 valence electrons. The van der Waals surface area contributed by atoms with E-state index in [4.69, 9.17) is 10.3 Å². The molecule has 0 aliphatic carbocycles. The molecule has 0 spiro atoms. The van der Waals surface area contributed by atoms with Crippen LogP contribution in [0.4, 0.5) is 0 Å². The molecular weight excluding hydrogens is 162 g/mol. The molecule has 0 aliphatic rings. The zero-order valence-electron chi connectivity index (χ0n) is 4.78. The summed E-state index contributed by atoms with van der Waals surface area (Å²) in [4.78, 5) is 0. The van der Waals surface area contributed by atoms with E-state index in [2.05, 4.69) is 0 Å². The van der Waals surface area contributed by atoms with Crippen molar-refractivity contribution < 1.29 is 13.0 Å². The Hall–Kier alpha value is 0.220. The van der Waals surface area contributed by atoms with Crippen molar-refractivity contribution in [3.8, 4) is 0 Å². The summed E-state index contributed by atoms with van der Waals surface area (Å²) >= 11 is 1.27. The highest BCUT2D eigenvalue weighted by atomic mass is 32.2. The van der Waals surface area contributed by atoms with Gasteiger partial charge in [0.25, 0.3) is 10.1 Å². The van der Waals surface area contributed by atoms with Gasteiger partial charge in [-0.2, -0.15) is 8.42 Å². The van der Waals surface area contributed by atoms with Crippen molar-refractivity contribution in [2.75, 3.05) is 17.4 Å². The van der Waals surface area contributed by atoms with Crippen molar-refractivity contribution >= 4 is 21.9 Å². The molecule has 0 rings (SSSR count). The lowest BCUT2D eigenvalue weighted by atomic mass is 11.0. The van der Waals surface area contributed by atoms with E-state index in [0.29, 0.717) is 11.6 Å². The third-order valence-electron chi connectivity index (χ3n) is 0.603. The van der Waals surface area contributed by atoms with E-state index >= 15 is 0 Å². The molecule has 0 radical (unpaired) electrons. The third-order valence-corrected chi connectivity index (χ3v) is 2.31. The first-order chi connectivity index (χ1) is 4.06. The molecule has 9 heavy (non-hydrogen) atoms. The van der Waals surface area contributed by atoms with Crippen molar-refractivity contribution in [1.82, 2.24) is 0 Å². The number of hydrogen-bond donors (Lipinski definition) is 2. The van der Waals surface area contributed by atoms with Crippen LogP contribution in [-0.2, 0) is 10.1 Å². The Morgan fingerprint density at radius 2 is 2.11 bits per heavy atom. The number of nitrogens with two attached hydrogens (primary N) is 1. The Labute approximate surface area is 58.6 Å². The zero-order valence-corrected chi connectivity index (χ0v) is 6.41. The first-order valence-corrected chi connectivity index (χ1v) is 5.05. The monoisotopic (exact) mass is 171 g/mol. The van der Waals surface area contributed by atoms with E-state index in [1.807, 2.05) is 0 Å². The first kappa shape index (κ1) is 9.22. The maximum Gasteiger partial charge on any atom is 0.265 e. The van der Waals surface area contributed by atoms with Gasteiger partial charge < -0.3 is 5.73 Å². The van der Waals surface area contributed by atoms with Crippen LogP contribution in [0, 0.1) is 0 Å². The van der Waals surface area contributed by atoms with E-state index in [1.54, 1.807) is 0 Å². The highest BCUT2D eigenvalue weighted by Gasteiger charge is 2.01. The Morgan fingerprint density at radius 3 is 2.44 bits per heavy atom. The van der Waals surface area contributed by atoms with Gasteiger partial charge in [-0.25, -0.2) is 0 Å². The lowest BCUT2D eigenvalue weighted by Gasteiger charge is -1.93. The third kappa shape index (κ3) is 8.22. The van der Waals surface area contributed by atoms with E-state index in [-0.39, 0.29) is 5.75 Å². The molecule has 0 aromatic heterocycles. The fourth-order valence-corrected chi connectivity index (χ4v) is 1.73. The first-order valence-electron chi connectivity index (χ1n) is 2.29. The molecule has 0 aromatic rings. The van der Waals surface area contributed by atoms with Crippen LogP contribution in [0.3, 0.4) is 0 Å². The molecule has 0 saturated carbocycles. The summed E-state index contributed by atoms with van der Waals surface area (Å²) in [6.45, 7) is 0. The van der Waals surface area contributed by atoms with Gasteiger partial charge in [0.15, 0.2) is 0 Å². The molecular formula is C3H9NO3S2. The largest absolute Gasteiger partial charge is 0.322 e. The van der Waals surface area contributed by atoms with Crippen LogP contribution in [0.2, 0.25) is 0 Å². The normalized spacial score (nSPS) is 11.8. The molecule has 6 heteroatoms. The Bertz CT molecular complexity index is 152. The smallest absolute Gasteiger partial charge is 0.265 e. The minimum absolute atomic E-state index is 0.213. The van der Waals surface area contributed by atoms with Gasteiger partial charge in [-0.3, -0.25) is 4.55 Å². The lowest BCUT2D eigenvalue weighted by Crippen LogP contribution is -2.07. The van der Waals surface area contributed by atoms with Gasteiger partial charge >= 0.3 is 0 Å². The summed E-state index contributed by atoms with van der Waals surface area (Å²) in [5, 5.41) is 0. The summed E-state index contributed by atoms with van der Waals surface area (Å²) in [5.74, 6) is 0.527. The molecule has 0 bridgehead atoms. The van der Waals surface area contributed by atoms with Gasteiger partial charge in [-0.1, -0.05) is 0 Å². The molecule has 0 fully saturated rings. The Balaban J connectivity index is 3.30. The van der Waals surface area contributed by atoms with Gasteiger partial charge in [0.2, 0.25) is 0 Å². The fraction of sp³-hybridized carbons (Fsp3) is 1.00. The molecule has 0 aliphatic heterocycles. The quantitative estimate of drug-likeness (QED) is 0.339. The van der Waals surface area contributed by atoms with Gasteiger partial charge in [0.05, 0.1) is 5.75 Å².